The minimum absolute atomic E-state index is 0.539. The molecule has 0 aliphatic heterocycles. The molecule has 0 radical (unpaired) electrons. The van der Waals surface area contributed by atoms with Crippen LogP contribution >= 0.6 is 0 Å². The highest BCUT2D eigenvalue weighted by Crippen LogP contribution is 2.12. The lowest BCUT2D eigenvalue weighted by molar-refractivity contribution is 0.616. The minimum atomic E-state index is 0.539. The van der Waals surface area contributed by atoms with E-state index in [2.05, 4.69) is 0 Å². The Morgan fingerprint density at radius 2 is 1.73 bits per heavy atom. The van der Waals surface area contributed by atoms with Gasteiger partial charge in [0, 0.05) is 0 Å². The number of hydrogen-bond acceptors (Lipinski definition) is 1. The van der Waals surface area contributed by atoms with Crippen LogP contribution in [0.15, 0.2) is 24.3 Å². The summed E-state index contributed by atoms with van der Waals surface area (Å²) < 4.78 is 11.7. The Bertz CT molecular complexity index is 199. The number of rotatable bonds is 1. The van der Waals surface area contributed by atoms with E-state index in [1.54, 1.807) is 17.7 Å². The van der Waals surface area contributed by atoms with Gasteiger partial charge in [-0.1, -0.05) is 32.0 Å². The zero-order valence-electron chi connectivity index (χ0n) is 7.19. The predicted molar refractivity (Wildman–Crippen MR) is 47.3 cm³/mol. The van der Waals surface area contributed by atoms with Crippen LogP contribution in [-0.4, -0.2) is 0 Å². The predicted octanol–water partition coefficient (Wildman–Crippen LogP) is 3.32. The van der Waals surface area contributed by atoms with Gasteiger partial charge in [-0.2, -0.15) is 0 Å². The molecule has 0 saturated heterocycles. The van der Waals surface area contributed by atoms with Crippen LogP contribution in [0.4, 0.5) is 10.2 Å². The van der Waals surface area contributed by atoms with Gasteiger partial charge in [0.05, 0.1) is 5.69 Å². The number of aryl methyl sites for hydroxylation is 1. The van der Waals surface area contributed by atoms with E-state index < -0.39 is 0 Å². The van der Waals surface area contributed by atoms with Gasteiger partial charge in [0.2, 0.25) is 0 Å². The van der Waals surface area contributed by atoms with Gasteiger partial charge < -0.3 is 0 Å². The summed E-state index contributed by atoms with van der Waals surface area (Å²) >= 11 is 0. The fraction of sp³-hybridized carbons (Fsp3) is 0.333. The first kappa shape index (κ1) is 9.95. The standard InChI is InChI=1S/C7H8FN.C2H6/c1-6-4-2-3-5-7(6)9-8;1-2/h2-5,9H,1H3;1-2H3. The third-order valence-corrected chi connectivity index (χ3v) is 1.25. The first-order valence-corrected chi connectivity index (χ1v) is 3.77. The van der Waals surface area contributed by atoms with E-state index in [0.717, 1.165) is 5.56 Å². The summed E-state index contributed by atoms with van der Waals surface area (Å²) in [4.78, 5) is 0. The van der Waals surface area contributed by atoms with Crippen molar-refractivity contribution in [3.63, 3.8) is 0 Å². The molecule has 0 aromatic heterocycles. The largest absolute Gasteiger partial charge is 0.224 e. The molecule has 0 unspecified atom stereocenters. The average Bonchev–Trinajstić information content (AvgIpc) is 2.09. The van der Waals surface area contributed by atoms with Gasteiger partial charge in [0.25, 0.3) is 0 Å². The van der Waals surface area contributed by atoms with Gasteiger partial charge in [-0.25, -0.2) is 5.54 Å². The summed E-state index contributed by atoms with van der Waals surface area (Å²) in [6, 6.07) is 7.20. The average molecular weight is 155 g/mol. The molecule has 0 aliphatic carbocycles. The molecule has 1 nitrogen and oxygen atoms in total. The van der Waals surface area contributed by atoms with Crippen LogP contribution < -0.4 is 5.54 Å². The molecule has 0 bridgehead atoms. The molecule has 0 atom stereocenters. The Labute approximate surface area is 67.2 Å². The summed E-state index contributed by atoms with van der Waals surface area (Å²) in [6.07, 6.45) is 0. The van der Waals surface area contributed by atoms with Crippen molar-refractivity contribution >= 4 is 5.69 Å². The molecule has 0 fully saturated rings. The highest BCUT2D eigenvalue weighted by molar-refractivity contribution is 5.48. The Kier molecular flexibility index (Phi) is 5.17. The summed E-state index contributed by atoms with van der Waals surface area (Å²) in [5.41, 5.74) is 3.05. The molecule has 1 N–H and O–H groups in total. The number of hydrogen-bond donors (Lipinski definition) is 1. The van der Waals surface area contributed by atoms with E-state index in [1.165, 1.54) is 0 Å². The lowest BCUT2D eigenvalue weighted by atomic mass is 10.2. The second-order valence-electron chi connectivity index (χ2n) is 1.91. The van der Waals surface area contributed by atoms with Crippen molar-refractivity contribution in [2.45, 2.75) is 20.8 Å². The highest BCUT2D eigenvalue weighted by Gasteiger charge is 1.90. The van der Waals surface area contributed by atoms with Crippen LogP contribution in [0.5, 0.6) is 0 Å². The maximum absolute atomic E-state index is 11.7. The third kappa shape index (κ3) is 3.03. The smallest absolute Gasteiger partial charge is 0.0684 e. The molecule has 1 aromatic rings. The number of benzene rings is 1. The van der Waals surface area contributed by atoms with Crippen LogP contribution in [0.25, 0.3) is 0 Å². The van der Waals surface area contributed by atoms with Crippen molar-refractivity contribution in [3.8, 4) is 0 Å². The van der Waals surface area contributed by atoms with E-state index in [-0.39, 0.29) is 0 Å². The number of halogens is 1. The molecule has 0 saturated carbocycles. The number of anilines is 1. The summed E-state index contributed by atoms with van der Waals surface area (Å²) in [6.45, 7) is 5.85. The fourth-order valence-electron chi connectivity index (χ4n) is 0.679. The van der Waals surface area contributed by atoms with Crippen LogP contribution in [0.2, 0.25) is 0 Å². The summed E-state index contributed by atoms with van der Waals surface area (Å²) in [5, 5.41) is 0. The van der Waals surface area contributed by atoms with E-state index in [1.807, 2.05) is 32.9 Å². The SMILES string of the molecule is CC.Cc1ccccc1NF. The molecule has 0 heterocycles. The van der Waals surface area contributed by atoms with Crippen molar-refractivity contribution in [3.05, 3.63) is 29.8 Å². The van der Waals surface area contributed by atoms with Gasteiger partial charge >= 0.3 is 0 Å². The van der Waals surface area contributed by atoms with E-state index in [0.29, 0.717) is 5.69 Å². The Balaban J connectivity index is 0.000000461. The van der Waals surface area contributed by atoms with Crippen molar-refractivity contribution in [1.29, 1.82) is 0 Å². The quantitative estimate of drug-likeness (QED) is 0.613. The molecular weight excluding hydrogens is 141 g/mol. The molecular formula is C9H14FN. The van der Waals surface area contributed by atoms with Gasteiger partial charge in [0.1, 0.15) is 0 Å². The molecule has 0 amide bonds. The first-order valence-electron chi connectivity index (χ1n) is 3.77. The van der Waals surface area contributed by atoms with Gasteiger partial charge in [0.15, 0.2) is 0 Å². The topological polar surface area (TPSA) is 12.0 Å². The lowest BCUT2D eigenvalue weighted by Crippen LogP contribution is -1.83. The van der Waals surface area contributed by atoms with E-state index in [4.69, 9.17) is 0 Å². The summed E-state index contributed by atoms with van der Waals surface area (Å²) in [5.74, 6) is 0. The maximum Gasteiger partial charge on any atom is 0.0684 e. The molecule has 0 spiro atoms. The second kappa shape index (κ2) is 5.71. The molecule has 1 aromatic carbocycles. The Morgan fingerprint density at radius 3 is 2.09 bits per heavy atom. The summed E-state index contributed by atoms with van der Waals surface area (Å²) in [7, 11) is 0. The third-order valence-electron chi connectivity index (χ3n) is 1.25. The molecule has 1 rings (SSSR count). The van der Waals surface area contributed by atoms with Crippen LogP contribution in [0.3, 0.4) is 0 Å². The maximum atomic E-state index is 11.7. The lowest BCUT2D eigenvalue weighted by Gasteiger charge is -1.97. The zero-order chi connectivity index (χ0) is 8.69. The van der Waals surface area contributed by atoms with Crippen LogP contribution in [0, 0.1) is 6.92 Å². The van der Waals surface area contributed by atoms with Gasteiger partial charge in [-0.15, -0.1) is 4.48 Å². The van der Waals surface area contributed by atoms with Crippen molar-refractivity contribution in [1.82, 2.24) is 0 Å². The van der Waals surface area contributed by atoms with Gasteiger partial charge in [-0.05, 0) is 18.6 Å². The molecule has 2 heteroatoms. The second-order valence-corrected chi connectivity index (χ2v) is 1.91. The fourth-order valence-corrected chi connectivity index (χ4v) is 0.679. The van der Waals surface area contributed by atoms with E-state index in [9.17, 15) is 4.48 Å². The van der Waals surface area contributed by atoms with Crippen LogP contribution in [-0.2, 0) is 0 Å². The van der Waals surface area contributed by atoms with Crippen molar-refractivity contribution in [2.75, 3.05) is 5.54 Å². The molecule has 11 heavy (non-hydrogen) atoms. The number of para-hydroxylation sites is 1. The number of nitrogens with one attached hydrogen (secondary N) is 1. The first-order chi connectivity index (χ1) is 5.34. The Morgan fingerprint density at radius 1 is 1.18 bits per heavy atom. The Hall–Kier alpha value is -1.05. The highest BCUT2D eigenvalue weighted by atomic mass is 19.2. The normalized spacial score (nSPS) is 8.00. The molecule has 0 aliphatic rings. The monoisotopic (exact) mass is 155 g/mol. The zero-order valence-corrected chi connectivity index (χ0v) is 7.19. The minimum Gasteiger partial charge on any atom is -0.224 e. The van der Waals surface area contributed by atoms with Crippen molar-refractivity contribution < 1.29 is 4.48 Å². The van der Waals surface area contributed by atoms with Gasteiger partial charge in [-0.3, -0.25) is 0 Å². The van der Waals surface area contributed by atoms with Crippen molar-refractivity contribution in [2.24, 2.45) is 0 Å². The van der Waals surface area contributed by atoms with E-state index >= 15 is 0 Å². The molecule has 62 valence electrons. The van der Waals surface area contributed by atoms with Crippen LogP contribution in [0.1, 0.15) is 19.4 Å².